The van der Waals surface area contributed by atoms with E-state index in [1.54, 1.807) is 24.3 Å². The number of hydrogen-bond donors (Lipinski definition) is 1. The fourth-order valence-corrected chi connectivity index (χ4v) is 6.48. The van der Waals surface area contributed by atoms with Crippen LogP contribution >= 0.6 is 23.2 Å². The lowest BCUT2D eigenvalue weighted by Gasteiger charge is -2.21. The molecule has 2 aliphatic carbocycles. The second-order valence-corrected chi connectivity index (χ2v) is 11.4. The highest BCUT2D eigenvalue weighted by Crippen LogP contribution is 2.40. The Morgan fingerprint density at radius 1 is 1.12 bits per heavy atom. The smallest absolute Gasteiger partial charge is 0.227 e. The lowest BCUT2D eigenvalue weighted by molar-refractivity contribution is -0.130. The van der Waals surface area contributed by atoms with E-state index < -0.39 is 32.6 Å². The Balaban J connectivity index is 1.55. The van der Waals surface area contributed by atoms with Gasteiger partial charge in [0.1, 0.15) is 5.54 Å². The van der Waals surface area contributed by atoms with Crippen molar-refractivity contribution in [3.05, 3.63) is 64.1 Å². The number of amides is 1. The van der Waals surface area contributed by atoms with Crippen molar-refractivity contribution in [3.8, 4) is 6.07 Å². The van der Waals surface area contributed by atoms with Gasteiger partial charge in [0.15, 0.2) is 9.84 Å². The second-order valence-electron chi connectivity index (χ2n) is 8.33. The molecule has 2 aliphatic rings. The Labute approximate surface area is 197 Å². The van der Waals surface area contributed by atoms with Gasteiger partial charge in [0.25, 0.3) is 0 Å². The minimum Gasteiger partial charge on any atom is -0.373 e. The van der Waals surface area contributed by atoms with Crippen molar-refractivity contribution in [3.63, 3.8) is 0 Å². The number of carbonyl (C=O) groups excluding carboxylic acids is 1. The van der Waals surface area contributed by atoms with Gasteiger partial charge in [0.05, 0.1) is 39.9 Å². The van der Waals surface area contributed by atoms with E-state index in [-0.39, 0.29) is 35.3 Å². The highest BCUT2D eigenvalue weighted by Gasteiger charge is 2.50. The molecule has 2 fully saturated rings. The molecular weight excluding hydrogens is 471 g/mol. The number of carbonyl (C=O) groups is 1. The van der Waals surface area contributed by atoms with E-state index in [0.29, 0.717) is 17.9 Å². The van der Waals surface area contributed by atoms with Crippen LogP contribution in [0.3, 0.4) is 0 Å². The van der Waals surface area contributed by atoms with E-state index in [1.165, 1.54) is 12.1 Å². The molecule has 0 aliphatic heterocycles. The number of nitriles is 1. The first-order valence-corrected chi connectivity index (χ1v) is 12.6. The van der Waals surface area contributed by atoms with Crippen molar-refractivity contribution >= 4 is 38.9 Å². The minimum atomic E-state index is -3.77. The lowest BCUT2D eigenvalue weighted by atomic mass is 10.0. The van der Waals surface area contributed by atoms with Crippen molar-refractivity contribution in [2.45, 2.75) is 54.1 Å². The molecule has 4 rings (SSSR count). The summed E-state index contributed by atoms with van der Waals surface area (Å²) in [6.07, 6.45) is 0.854. The van der Waals surface area contributed by atoms with Gasteiger partial charge in [0, 0.05) is 5.02 Å². The number of rotatable bonds is 7. The molecule has 0 spiro atoms. The van der Waals surface area contributed by atoms with Crippen LogP contribution < -0.4 is 5.32 Å². The topological polar surface area (TPSA) is 96.3 Å². The first-order chi connectivity index (χ1) is 15.2. The zero-order valence-corrected chi connectivity index (χ0v) is 19.5. The third-order valence-corrected chi connectivity index (χ3v) is 9.01. The van der Waals surface area contributed by atoms with E-state index in [4.69, 9.17) is 27.9 Å². The van der Waals surface area contributed by atoms with Gasteiger partial charge < -0.3 is 10.1 Å². The third kappa shape index (κ3) is 4.79. The molecule has 0 aromatic heterocycles. The maximum atomic E-state index is 13.3. The van der Waals surface area contributed by atoms with Crippen LogP contribution in [0.5, 0.6) is 0 Å². The molecule has 0 heterocycles. The first-order valence-electron chi connectivity index (χ1n) is 10.3. The van der Waals surface area contributed by atoms with Crippen LogP contribution in [0.25, 0.3) is 0 Å². The van der Waals surface area contributed by atoms with Crippen molar-refractivity contribution in [2.75, 3.05) is 0 Å². The molecule has 1 amide bonds. The predicted octanol–water partition coefficient (Wildman–Crippen LogP) is 4.30. The summed E-state index contributed by atoms with van der Waals surface area (Å²) < 4.78 is 32.6. The van der Waals surface area contributed by atoms with Crippen LogP contribution in [0.2, 0.25) is 10.0 Å². The number of nitrogens with zero attached hydrogens (tertiary/aromatic N) is 1. The Morgan fingerprint density at radius 3 is 2.44 bits per heavy atom. The molecule has 0 saturated heterocycles. The maximum absolute atomic E-state index is 13.3. The molecule has 6 nitrogen and oxygen atoms in total. The summed E-state index contributed by atoms with van der Waals surface area (Å²) in [7, 11) is -3.77. The normalized spacial score (nSPS) is 24.0. The van der Waals surface area contributed by atoms with E-state index >= 15 is 0 Å². The van der Waals surface area contributed by atoms with Crippen LogP contribution in [0, 0.1) is 17.2 Å². The largest absolute Gasteiger partial charge is 0.373 e. The van der Waals surface area contributed by atoms with Crippen LogP contribution in [0.1, 0.15) is 31.2 Å². The molecule has 1 N–H and O–H groups in total. The summed E-state index contributed by atoms with van der Waals surface area (Å²) in [5, 5.41) is 12.1. The van der Waals surface area contributed by atoms with Gasteiger partial charge in [0.2, 0.25) is 5.91 Å². The van der Waals surface area contributed by atoms with Gasteiger partial charge in [-0.05, 0) is 55.5 Å². The molecule has 0 radical (unpaired) electrons. The van der Waals surface area contributed by atoms with Crippen LogP contribution in [0.15, 0.2) is 53.4 Å². The van der Waals surface area contributed by atoms with Crippen LogP contribution in [0.4, 0.5) is 0 Å². The van der Waals surface area contributed by atoms with Crippen LogP contribution in [-0.2, 0) is 26.0 Å². The highest BCUT2D eigenvalue weighted by molar-refractivity contribution is 7.92. The van der Waals surface area contributed by atoms with Crippen molar-refractivity contribution in [1.82, 2.24) is 5.32 Å². The quantitative estimate of drug-likeness (QED) is 0.621. The Morgan fingerprint density at radius 2 is 1.81 bits per heavy atom. The summed E-state index contributed by atoms with van der Waals surface area (Å²) >= 11 is 12.1. The number of nitrogens with one attached hydrogen (secondary N) is 1. The fourth-order valence-electron chi connectivity index (χ4n) is 4.03. The molecule has 3 atom stereocenters. The molecule has 0 unspecified atom stereocenters. The number of benzene rings is 2. The Hall–Kier alpha value is -2.11. The predicted molar refractivity (Wildman–Crippen MR) is 121 cm³/mol. The number of sulfone groups is 1. The third-order valence-electron chi connectivity index (χ3n) is 6.08. The molecule has 2 aromatic carbocycles. The first kappa shape index (κ1) is 23.1. The Bertz CT molecular complexity index is 1160. The van der Waals surface area contributed by atoms with Gasteiger partial charge in [-0.1, -0.05) is 47.5 Å². The molecule has 32 heavy (non-hydrogen) atoms. The average Bonchev–Trinajstić information content (AvgIpc) is 3.40. The molecule has 2 aromatic rings. The van der Waals surface area contributed by atoms with Crippen LogP contribution in [-0.4, -0.2) is 31.2 Å². The SMILES string of the molecule is N#CC1(NC(=O)[C@H]2C[C@H](S(=O)(=O)c3ccccc3Cl)C[C@@H]2OCc2ccc(Cl)cc2)CC1. The van der Waals surface area contributed by atoms with Gasteiger partial charge in [-0.2, -0.15) is 5.26 Å². The summed E-state index contributed by atoms with van der Waals surface area (Å²) in [5.74, 6) is -1.03. The summed E-state index contributed by atoms with van der Waals surface area (Å²) in [4.78, 5) is 13.1. The van der Waals surface area contributed by atoms with E-state index in [1.807, 2.05) is 12.1 Å². The molecule has 168 valence electrons. The van der Waals surface area contributed by atoms with Crippen molar-refractivity contribution in [1.29, 1.82) is 5.26 Å². The van der Waals surface area contributed by atoms with Gasteiger partial charge >= 0.3 is 0 Å². The van der Waals surface area contributed by atoms with Gasteiger partial charge in [-0.3, -0.25) is 4.79 Å². The van der Waals surface area contributed by atoms with E-state index in [9.17, 15) is 18.5 Å². The number of ether oxygens (including phenoxy) is 1. The van der Waals surface area contributed by atoms with Gasteiger partial charge in [-0.15, -0.1) is 0 Å². The van der Waals surface area contributed by atoms with E-state index in [0.717, 1.165) is 5.56 Å². The number of hydrogen-bond acceptors (Lipinski definition) is 5. The molecule has 9 heteroatoms. The van der Waals surface area contributed by atoms with Crippen molar-refractivity contribution in [2.24, 2.45) is 5.92 Å². The molecule has 0 bridgehead atoms. The van der Waals surface area contributed by atoms with Crippen molar-refractivity contribution < 1.29 is 17.9 Å². The fraction of sp³-hybridized carbons (Fsp3) is 0.391. The zero-order valence-electron chi connectivity index (χ0n) is 17.1. The zero-order chi connectivity index (χ0) is 22.9. The highest BCUT2D eigenvalue weighted by atomic mass is 35.5. The molecule has 2 saturated carbocycles. The standard InChI is InChI=1S/C23H22Cl2N2O4S/c24-16-7-5-15(6-8-16)13-31-20-12-17(32(29,30)21-4-2-1-3-19(21)25)11-18(20)22(28)27-23(14-26)9-10-23/h1-8,17-18,20H,9-13H2,(H,27,28)/t17-,18-,20-/m0/s1. The number of halogens is 2. The monoisotopic (exact) mass is 492 g/mol. The summed E-state index contributed by atoms with van der Waals surface area (Å²) in [6, 6.07) is 15.6. The van der Waals surface area contributed by atoms with E-state index in [2.05, 4.69) is 11.4 Å². The molecular formula is C23H22Cl2N2O4S. The summed E-state index contributed by atoms with van der Waals surface area (Å²) in [5.41, 5.74) is 0.0268. The summed E-state index contributed by atoms with van der Waals surface area (Å²) in [6.45, 7) is 0.216. The lowest BCUT2D eigenvalue weighted by Crippen LogP contribution is -2.42. The average molecular weight is 493 g/mol. The maximum Gasteiger partial charge on any atom is 0.227 e. The Kier molecular flexibility index (Phi) is 6.51. The minimum absolute atomic E-state index is 0.0554. The second kappa shape index (κ2) is 9.03. The van der Waals surface area contributed by atoms with Gasteiger partial charge in [-0.25, -0.2) is 8.42 Å².